The van der Waals surface area contributed by atoms with Crippen molar-refractivity contribution < 1.29 is 14.5 Å². The number of amides is 1. The second kappa shape index (κ2) is 10.8. The highest BCUT2D eigenvalue weighted by Gasteiger charge is 2.17. The van der Waals surface area contributed by atoms with E-state index in [0.717, 1.165) is 5.56 Å². The van der Waals surface area contributed by atoms with Gasteiger partial charge in [-0.05, 0) is 48.9 Å². The number of hydrogen-bond donors (Lipinski definition) is 1. The number of carbonyl (C=O) groups is 1. The van der Waals surface area contributed by atoms with Crippen molar-refractivity contribution >= 4 is 23.4 Å². The molecule has 0 spiro atoms. The number of non-ortho nitro benzene ring substituents is 1. The molecule has 0 aliphatic rings. The van der Waals surface area contributed by atoms with E-state index in [0.29, 0.717) is 33.7 Å². The normalized spacial score (nSPS) is 10.7. The first-order valence-corrected chi connectivity index (χ1v) is 11.7. The van der Waals surface area contributed by atoms with Gasteiger partial charge in [0.05, 0.1) is 18.6 Å². The first-order chi connectivity index (χ1) is 16.9. The maximum atomic E-state index is 12.6. The summed E-state index contributed by atoms with van der Waals surface area (Å²) in [5.41, 5.74) is 3.46. The summed E-state index contributed by atoms with van der Waals surface area (Å²) in [5.74, 6) is 1.58. The van der Waals surface area contributed by atoms with Gasteiger partial charge in [-0.25, -0.2) is 0 Å². The molecule has 9 nitrogen and oxygen atoms in total. The van der Waals surface area contributed by atoms with Crippen molar-refractivity contribution in [3.8, 4) is 11.4 Å². The average Bonchev–Trinajstić information content (AvgIpc) is 3.29. The molecule has 10 heteroatoms. The summed E-state index contributed by atoms with van der Waals surface area (Å²) in [6.07, 6.45) is 0. The van der Waals surface area contributed by atoms with Crippen LogP contribution < -0.4 is 10.1 Å². The molecular weight excluding hydrogens is 466 g/mol. The molecular formula is C25H23N5O4S. The lowest BCUT2D eigenvalue weighted by atomic mass is 10.2. The zero-order valence-electron chi connectivity index (χ0n) is 19.2. The molecule has 3 aromatic carbocycles. The molecule has 0 radical (unpaired) electrons. The van der Waals surface area contributed by atoms with Crippen LogP contribution in [0.25, 0.3) is 5.69 Å². The van der Waals surface area contributed by atoms with Gasteiger partial charge < -0.3 is 10.1 Å². The summed E-state index contributed by atoms with van der Waals surface area (Å²) >= 11 is 1.50. The van der Waals surface area contributed by atoms with Crippen molar-refractivity contribution in [1.82, 2.24) is 20.1 Å². The topological polar surface area (TPSA) is 112 Å². The van der Waals surface area contributed by atoms with E-state index >= 15 is 0 Å². The highest BCUT2D eigenvalue weighted by Crippen LogP contribution is 2.27. The molecule has 1 heterocycles. The van der Waals surface area contributed by atoms with Crippen LogP contribution >= 0.6 is 11.8 Å². The van der Waals surface area contributed by atoms with Crippen molar-refractivity contribution in [2.24, 2.45) is 0 Å². The molecule has 1 N–H and O–H groups in total. The molecule has 35 heavy (non-hydrogen) atoms. The molecule has 0 atom stereocenters. The fourth-order valence-electron chi connectivity index (χ4n) is 3.44. The number of carbonyl (C=O) groups excluding carboxylic acids is 1. The number of nitro benzene ring substituents is 1. The minimum absolute atomic E-state index is 0.00912. The molecule has 0 unspecified atom stereocenters. The van der Waals surface area contributed by atoms with Crippen LogP contribution in [0.5, 0.6) is 5.75 Å². The third-order valence-electron chi connectivity index (χ3n) is 5.23. The summed E-state index contributed by atoms with van der Waals surface area (Å²) in [5, 5.41) is 23.2. The number of aromatic nitrogens is 3. The Morgan fingerprint density at radius 2 is 1.83 bits per heavy atom. The van der Waals surface area contributed by atoms with Crippen LogP contribution in [0.15, 0.2) is 78.0 Å². The van der Waals surface area contributed by atoms with Crippen LogP contribution in [0.3, 0.4) is 0 Å². The van der Waals surface area contributed by atoms with E-state index in [9.17, 15) is 14.9 Å². The smallest absolute Gasteiger partial charge is 0.269 e. The number of hydrogen-bond acceptors (Lipinski definition) is 7. The van der Waals surface area contributed by atoms with Crippen molar-refractivity contribution in [2.75, 3.05) is 7.11 Å². The minimum atomic E-state index is -0.445. The number of thioether (sulfide) groups is 1. The van der Waals surface area contributed by atoms with Gasteiger partial charge in [0.15, 0.2) is 11.0 Å². The molecule has 4 rings (SSSR count). The highest BCUT2D eigenvalue weighted by molar-refractivity contribution is 7.98. The van der Waals surface area contributed by atoms with Crippen molar-refractivity contribution in [3.05, 3.63) is 105 Å². The molecule has 0 aliphatic carbocycles. The highest BCUT2D eigenvalue weighted by atomic mass is 32.2. The van der Waals surface area contributed by atoms with E-state index in [1.54, 1.807) is 48.1 Å². The Labute approximate surface area is 206 Å². The maximum Gasteiger partial charge on any atom is 0.269 e. The molecule has 0 fully saturated rings. The van der Waals surface area contributed by atoms with E-state index < -0.39 is 4.92 Å². The maximum absolute atomic E-state index is 12.6. The van der Waals surface area contributed by atoms with Gasteiger partial charge >= 0.3 is 0 Å². The molecule has 4 aromatic rings. The van der Waals surface area contributed by atoms with Gasteiger partial charge in [-0.2, -0.15) is 0 Å². The van der Waals surface area contributed by atoms with Crippen LogP contribution in [0.1, 0.15) is 27.3 Å². The van der Waals surface area contributed by atoms with E-state index in [1.165, 1.54) is 29.5 Å². The van der Waals surface area contributed by atoms with Crippen LogP contribution in [-0.2, 0) is 12.3 Å². The Morgan fingerprint density at radius 1 is 1.09 bits per heavy atom. The number of aryl methyl sites for hydroxylation is 1. The van der Waals surface area contributed by atoms with E-state index in [-0.39, 0.29) is 18.1 Å². The van der Waals surface area contributed by atoms with Crippen molar-refractivity contribution in [1.29, 1.82) is 0 Å². The van der Waals surface area contributed by atoms with Crippen LogP contribution in [0.2, 0.25) is 0 Å². The van der Waals surface area contributed by atoms with Crippen LogP contribution in [-0.4, -0.2) is 32.7 Å². The lowest BCUT2D eigenvalue weighted by Crippen LogP contribution is -2.24. The standard InChI is InChI=1S/C25H23N5O4S/c1-17-4-3-5-18(14-17)16-35-25-28-27-23(29(25)20-8-10-21(11-9-20)30(32)33)15-26-24(31)19-6-12-22(34-2)13-7-19/h3-14H,15-16H2,1-2H3,(H,26,31). The third kappa shape index (κ3) is 5.85. The van der Waals surface area contributed by atoms with Gasteiger partial charge in [0.2, 0.25) is 0 Å². The third-order valence-corrected chi connectivity index (χ3v) is 6.23. The number of nitrogens with zero attached hydrogens (tertiary/aromatic N) is 4. The zero-order chi connectivity index (χ0) is 24.8. The number of rotatable bonds is 9. The van der Waals surface area contributed by atoms with E-state index in [1.807, 2.05) is 25.1 Å². The van der Waals surface area contributed by atoms with Gasteiger partial charge in [-0.15, -0.1) is 10.2 Å². The number of methoxy groups -OCH3 is 1. The summed E-state index contributed by atoms with van der Waals surface area (Å²) in [6, 6.07) is 21.1. The Morgan fingerprint density at radius 3 is 2.49 bits per heavy atom. The zero-order valence-corrected chi connectivity index (χ0v) is 20.0. The lowest BCUT2D eigenvalue weighted by Gasteiger charge is -2.11. The molecule has 178 valence electrons. The van der Waals surface area contributed by atoms with Gasteiger partial charge in [-0.3, -0.25) is 19.5 Å². The fraction of sp³-hybridized carbons (Fsp3) is 0.160. The van der Waals surface area contributed by atoms with E-state index in [2.05, 4.69) is 21.6 Å². The summed E-state index contributed by atoms with van der Waals surface area (Å²) in [4.78, 5) is 23.3. The Kier molecular flexibility index (Phi) is 7.41. The Hall–Kier alpha value is -4.18. The summed E-state index contributed by atoms with van der Waals surface area (Å²) < 4.78 is 6.94. The fourth-order valence-corrected chi connectivity index (χ4v) is 4.36. The summed E-state index contributed by atoms with van der Waals surface area (Å²) in [7, 11) is 1.56. The number of benzene rings is 3. The quantitative estimate of drug-likeness (QED) is 0.206. The average molecular weight is 490 g/mol. The molecule has 0 saturated heterocycles. The molecule has 0 saturated carbocycles. The first-order valence-electron chi connectivity index (χ1n) is 10.7. The first kappa shape index (κ1) is 24.0. The lowest BCUT2D eigenvalue weighted by molar-refractivity contribution is -0.384. The predicted molar refractivity (Wildman–Crippen MR) is 133 cm³/mol. The van der Waals surface area contributed by atoms with Crippen LogP contribution in [0, 0.1) is 17.0 Å². The van der Waals surface area contributed by atoms with Gasteiger partial charge in [0.25, 0.3) is 11.6 Å². The van der Waals surface area contributed by atoms with Gasteiger partial charge in [0, 0.05) is 29.1 Å². The Balaban J connectivity index is 1.57. The summed E-state index contributed by atoms with van der Waals surface area (Å²) in [6.45, 7) is 2.16. The second-order valence-electron chi connectivity index (χ2n) is 7.70. The van der Waals surface area contributed by atoms with E-state index in [4.69, 9.17) is 4.74 Å². The van der Waals surface area contributed by atoms with Crippen molar-refractivity contribution in [2.45, 2.75) is 24.4 Å². The number of nitro groups is 1. The van der Waals surface area contributed by atoms with Crippen LogP contribution in [0.4, 0.5) is 5.69 Å². The number of ether oxygens (including phenoxy) is 1. The molecule has 0 aliphatic heterocycles. The Bertz CT molecular complexity index is 1340. The van der Waals surface area contributed by atoms with Crippen molar-refractivity contribution in [3.63, 3.8) is 0 Å². The second-order valence-corrected chi connectivity index (χ2v) is 8.64. The molecule has 1 amide bonds. The molecule has 1 aromatic heterocycles. The number of nitrogens with one attached hydrogen (secondary N) is 1. The largest absolute Gasteiger partial charge is 0.497 e. The SMILES string of the molecule is COc1ccc(C(=O)NCc2nnc(SCc3cccc(C)c3)n2-c2ccc([N+](=O)[O-])cc2)cc1. The van der Waals surface area contributed by atoms with Gasteiger partial charge in [0.1, 0.15) is 5.75 Å². The monoisotopic (exact) mass is 489 g/mol. The predicted octanol–water partition coefficient (Wildman–Crippen LogP) is 4.71. The molecule has 0 bridgehead atoms. The van der Waals surface area contributed by atoms with Gasteiger partial charge in [-0.1, -0.05) is 41.6 Å². The minimum Gasteiger partial charge on any atom is -0.497 e.